The molecule has 1 atom stereocenters. The summed E-state index contributed by atoms with van der Waals surface area (Å²) >= 11 is 8.60. The van der Waals surface area contributed by atoms with Crippen LogP contribution in [-0.4, -0.2) is 7.11 Å². The second-order valence-corrected chi connectivity index (χ2v) is 6.80. The van der Waals surface area contributed by atoms with E-state index < -0.39 is 0 Å². The van der Waals surface area contributed by atoms with E-state index in [1.165, 1.54) is 12.1 Å². The molecule has 0 aliphatic carbocycles. The predicted octanol–water partition coefficient (Wildman–Crippen LogP) is 5.14. The third-order valence-electron chi connectivity index (χ3n) is 2.31. The molecule has 2 aromatic rings. The van der Waals surface area contributed by atoms with E-state index in [0.29, 0.717) is 5.75 Å². The highest BCUT2D eigenvalue weighted by molar-refractivity contribution is 9.11. The fourth-order valence-electron chi connectivity index (χ4n) is 1.52. The van der Waals surface area contributed by atoms with Gasteiger partial charge in [-0.15, -0.1) is 11.3 Å². The van der Waals surface area contributed by atoms with E-state index in [9.17, 15) is 4.39 Å². The molecule has 0 amide bonds. The van der Waals surface area contributed by atoms with Crippen molar-refractivity contribution in [1.82, 2.24) is 0 Å². The standard InChI is InChI=1S/C12H9Br2FOS/c1-16-9-3-2-7(15)6-8(9)12(14)10-4-5-11(13)17-10/h2-6,12H,1H3. The third-order valence-corrected chi connectivity index (χ3v) is 5.29. The highest BCUT2D eigenvalue weighted by Gasteiger charge is 2.17. The van der Waals surface area contributed by atoms with Gasteiger partial charge < -0.3 is 4.74 Å². The maximum absolute atomic E-state index is 13.3. The van der Waals surface area contributed by atoms with Gasteiger partial charge in [0.25, 0.3) is 0 Å². The molecule has 2 rings (SSSR count). The number of hydrogen-bond acceptors (Lipinski definition) is 2. The summed E-state index contributed by atoms with van der Waals surface area (Å²) in [6.07, 6.45) is 0. The molecule has 0 radical (unpaired) electrons. The summed E-state index contributed by atoms with van der Waals surface area (Å²) in [6.45, 7) is 0. The van der Waals surface area contributed by atoms with E-state index in [-0.39, 0.29) is 10.6 Å². The molecule has 0 spiro atoms. The Labute approximate surface area is 120 Å². The van der Waals surface area contributed by atoms with Crippen molar-refractivity contribution in [1.29, 1.82) is 0 Å². The monoisotopic (exact) mass is 378 g/mol. The van der Waals surface area contributed by atoms with Crippen LogP contribution in [0.1, 0.15) is 15.3 Å². The first-order chi connectivity index (χ1) is 8.11. The number of thiophene rings is 1. The van der Waals surface area contributed by atoms with Crippen LogP contribution < -0.4 is 4.74 Å². The molecule has 5 heteroatoms. The lowest BCUT2D eigenvalue weighted by Crippen LogP contribution is -1.96. The lowest BCUT2D eigenvalue weighted by molar-refractivity contribution is 0.409. The van der Waals surface area contributed by atoms with Crippen LogP contribution in [0.4, 0.5) is 4.39 Å². The average Bonchev–Trinajstić information content (AvgIpc) is 2.75. The molecular weight excluding hydrogens is 371 g/mol. The van der Waals surface area contributed by atoms with Crippen LogP contribution in [0.15, 0.2) is 34.1 Å². The Morgan fingerprint density at radius 3 is 2.65 bits per heavy atom. The lowest BCUT2D eigenvalue weighted by Gasteiger charge is -2.13. The van der Waals surface area contributed by atoms with E-state index in [4.69, 9.17) is 4.74 Å². The molecule has 17 heavy (non-hydrogen) atoms. The van der Waals surface area contributed by atoms with Crippen LogP contribution in [0.2, 0.25) is 0 Å². The zero-order valence-corrected chi connectivity index (χ0v) is 12.9. The van der Waals surface area contributed by atoms with E-state index in [0.717, 1.165) is 14.2 Å². The smallest absolute Gasteiger partial charge is 0.123 e. The van der Waals surface area contributed by atoms with Gasteiger partial charge in [-0.1, -0.05) is 15.9 Å². The summed E-state index contributed by atoms with van der Waals surface area (Å²) in [5.74, 6) is 0.415. The van der Waals surface area contributed by atoms with Crippen LogP contribution in [-0.2, 0) is 0 Å². The Morgan fingerprint density at radius 1 is 1.29 bits per heavy atom. The molecule has 0 saturated heterocycles. The Kier molecular flexibility index (Phi) is 4.22. The zero-order chi connectivity index (χ0) is 12.4. The number of hydrogen-bond donors (Lipinski definition) is 0. The van der Waals surface area contributed by atoms with Gasteiger partial charge in [0.1, 0.15) is 11.6 Å². The SMILES string of the molecule is COc1ccc(F)cc1C(Br)c1ccc(Br)s1. The summed E-state index contributed by atoms with van der Waals surface area (Å²) < 4.78 is 19.6. The first-order valence-electron chi connectivity index (χ1n) is 4.84. The minimum Gasteiger partial charge on any atom is -0.496 e. The Morgan fingerprint density at radius 2 is 2.06 bits per heavy atom. The Hall–Kier alpha value is -0.390. The van der Waals surface area contributed by atoms with Crippen molar-refractivity contribution in [2.24, 2.45) is 0 Å². The van der Waals surface area contributed by atoms with Crippen LogP contribution in [0, 0.1) is 5.82 Å². The van der Waals surface area contributed by atoms with E-state index in [2.05, 4.69) is 31.9 Å². The fourth-order valence-corrected chi connectivity index (χ4v) is 3.73. The number of benzene rings is 1. The molecule has 0 bridgehead atoms. The second-order valence-electron chi connectivity index (χ2n) is 3.39. The van der Waals surface area contributed by atoms with Gasteiger partial charge in [-0.25, -0.2) is 4.39 Å². The largest absolute Gasteiger partial charge is 0.496 e. The van der Waals surface area contributed by atoms with E-state index in [1.807, 2.05) is 12.1 Å². The number of alkyl halides is 1. The summed E-state index contributed by atoms with van der Waals surface area (Å²) in [4.78, 5) is 1.03. The van der Waals surface area contributed by atoms with Crippen molar-refractivity contribution in [3.05, 3.63) is 50.4 Å². The van der Waals surface area contributed by atoms with Gasteiger partial charge in [0.05, 0.1) is 15.7 Å². The second kappa shape index (κ2) is 5.50. The van der Waals surface area contributed by atoms with Crippen LogP contribution in [0.3, 0.4) is 0 Å². The van der Waals surface area contributed by atoms with Gasteiger partial charge >= 0.3 is 0 Å². The summed E-state index contributed by atoms with van der Waals surface area (Å²) in [5.41, 5.74) is 0.793. The molecular formula is C12H9Br2FOS. The van der Waals surface area contributed by atoms with Crippen LogP contribution in [0.5, 0.6) is 5.75 Å². The van der Waals surface area contributed by atoms with Gasteiger partial charge in [-0.2, -0.15) is 0 Å². The van der Waals surface area contributed by atoms with Crippen molar-refractivity contribution >= 4 is 43.2 Å². The quantitative estimate of drug-likeness (QED) is 0.670. The van der Waals surface area contributed by atoms with Gasteiger partial charge in [-0.3, -0.25) is 0 Å². The van der Waals surface area contributed by atoms with Crippen LogP contribution >= 0.6 is 43.2 Å². The Balaban J connectivity index is 2.42. The maximum atomic E-state index is 13.3. The summed E-state index contributed by atoms with van der Waals surface area (Å²) in [6, 6.07) is 8.50. The third kappa shape index (κ3) is 2.89. The number of methoxy groups -OCH3 is 1. The first-order valence-corrected chi connectivity index (χ1v) is 7.37. The molecule has 0 saturated carbocycles. The molecule has 1 aromatic carbocycles. The molecule has 1 heterocycles. The molecule has 90 valence electrons. The number of ether oxygens (including phenoxy) is 1. The predicted molar refractivity (Wildman–Crippen MR) is 75.7 cm³/mol. The van der Waals surface area contributed by atoms with E-state index in [1.54, 1.807) is 24.5 Å². The minimum absolute atomic E-state index is 0.0653. The first kappa shape index (κ1) is 13.1. The molecule has 1 nitrogen and oxygen atoms in total. The normalized spacial score (nSPS) is 12.5. The minimum atomic E-state index is -0.263. The fraction of sp³-hybridized carbons (Fsp3) is 0.167. The highest BCUT2D eigenvalue weighted by atomic mass is 79.9. The number of rotatable bonds is 3. The highest BCUT2D eigenvalue weighted by Crippen LogP contribution is 2.40. The zero-order valence-electron chi connectivity index (χ0n) is 8.91. The van der Waals surface area contributed by atoms with Crippen molar-refractivity contribution in [3.8, 4) is 5.75 Å². The summed E-state index contributed by atoms with van der Waals surface area (Å²) in [7, 11) is 1.58. The van der Waals surface area contributed by atoms with E-state index >= 15 is 0 Å². The maximum Gasteiger partial charge on any atom is 0.123 e. The molecule has 0 fully saturated rings. The van der Waals surface area contributed by atoms with Gasteiger partial charge in [-0.05, 0) is 46.3 Å². The van der Waals surface area contributed by atoms with Crippen molar-refractivity contribution in [2.45, 2.75) is 4.83 Å². The van der Waals surface area contributed by atoms with Gasteiger partial charge in [0.15, 0.2) is 0 Å². The molecule has 0 N–H and O–H groups in total. The molecule has 0 aliphatic heterocycles. The number of halogens is 3. The molecule has 0 aliphatic rings. The topological polar surface area (TPSA) is 9.23 Å². The Bertz CT molecular complexity index is 527. The van der Waals surface area contributed by atoms with Crippen molar-refractivity contribution < 1.29 is 9.13 Å². The molecule has 1 aromatic heterocycles. The van der Waals surface area contributed by atoms with Crippen molar-refractivity contribution in [2.75, 3.05) is 7.11 Å². The summed E-state index contributed by atoms with van der Waals surface area (Å²) in [5, 5.41) is 0. The van der Waals surface area contributed by atoms with Gasteiger partial charge in [0.2, 0.25) is 0 Å². The van der Waals surface area contributed by atoms with Crippen LogP contribution in [0.25, 0.3) is 0 Å². The molecule has 1 unspecified atom stereocenters. The average molecular weight is 380 g/mol. The lowest BCUT2D eigenvalue weighted by atomic mass is 10.1. The van der Waals surface area contributed by atoms with Crippen molar-refractivity contribution in [3.63, 3.8) is 0 Å². The van der Waals surface area contributed by atoms with Gasteiger partial charge in [0, 0.05) is 10.4 Å².